The standard InChI is InChI=1S/C21H19N5O2S/c1-24-20(27)15-5-3-2-4-14(15)18(23-24)21(28)26-11-9-25(10-12-26)19-16-7-13-29-17(16)6-8-22-19/h2-8,13H,9-12H2,1H3. The number of aryl methyl sites for hydroxylation is 1. The van der Waals surface area contributed by atoms with Gasteiger partial charge in [0.1, 0.15) is 5.82 Å². The number of carbonyl (C=O) groups is 1. The second-order valence-corrected chi connectivity index (χ2v) is 8.02. The van der Waals surface area contributed by atoms with E-state index in [1.165, 1.54) is 9.38 Å². The Morgan fingerprint density at radius 2 is 1.76 bits per heavy atom. The first-order valence-corrected chi connectivity index (χ1v) is 10.3. The Hall–Kier alpha value is -3.26. The van der Waals surface area contributed by atoms with E-state index in [0.717, 1.165) is 11.2 Å². The van der Waals surface area contributed by atoms with Gasteiger partial charge in [-0.15, -0.1) is 11.3 Å². The van der Waals surface area contributed by atoms with Gasteiger partial charge < -0.3 is 9.80 Å². The van der Waals surface area contributed by atoms with Crippen LogP contribution >= 0.6 is 11.3 Å². The molecule has 0 radical (unpaired) electrons. The number of thiophene rings is 1. The second-order valence-electron chi connectivity index (χ2n) is 7.07. The molecule has 0 bridgehead atoms. The summed E-state index contributed by atoms with van der Waals surface area (Å²) < 4.78 is 2.46. The van der Waals surface area contributed by atoms with Crippen LogP contribution in [0.5, 0.6) is 0 Å². The Labute approximate surface area is 170 Å². The average molecular weight is 405 g/mol. The van der Waals surface area contributed by atoms with Gasteiger partial charge in [-0.05, 0) is 23.6 Å². The van der Waals surface area contributed by atoms with Gasteiger partial charge in [-0.25, -0.2) is 9.67 Å². The normalized spacial score (nSPS) is 14.7. The zero-order valence-electron chi connectivity index (χ0n) is 15.9. The van der Waals surface area contributed by atoms with Crippen LogP contribution < -0.4 is 10.5 Å². The average Bonchev–Trinajstić information content (AvgIpc) is 3.25. The van der Waals surface area contributed by atoms with Gasteiger partial charge in [0.05, 0.1) is 5.39 Å². The number of hydrogen-bond acceptors (Lipinski definition) is 6. The summed E-state index contributed by atoms with van der Waals surface area (Å²) in [4.78, 5) is 34.1. The van der Waals surface area contributed by atoms with E-state index in [0.29, 0.717) is 42.6 Å². The summed E-state index contributed by atoms with van der Waals surface area (Å²) in [6.07, 6.45) is 1.84. The van der Waals surface area contributed by atoms with Crippen LogP contribution in [0.25, 0.3) is 20.9 Å². The lowest BCUT2D eigenvalue weighted by molar-refractivity contribution is 0.0740. The van der Waals surface area contributed by atoms with Gasteiger partial charge >= 0.3 is 0 Å². The Kier molecular flexibility index (Phi) is 4.28. The SMILES string of the molecule is Cn1nc(C(=O)N2CCN(c3nccc4sccc34)CC2)c2ccccc2c1=O. The van der Waals surface area contributed by atoms with E-state index in [1.54, 1.807) is 36.6 Å². The number of aromatic nitrogens is 3. The number of anilines is 1. The fourth-order valence-corrected chi connectivity index (χ4v) is 4.64. The molecule has 0 spiro atoms. The number of carbonyl (C=O) groups excluding carboxylic acids is 1. The maximum absolute atomic E-state index is 13.2. The molecule has 1 aliphatic heterocycles. The van der Waals surface area contributed by atoms with E-state index in [2.05, 4.69) is 26.4 Å². The van der Waals surface area contributed by atoms with Crippen molar-refractivity contribution in [1.82, 2.24) is 19.7 Å². The predicted molar refractivity (Wildman–Crippen MR) is 115 cm³/mol. The number of pyridine rings is 1. The number of rotatable bonds is 2. The van der Waals surface area contributed by atoms with Crippen LogP contribution in [0.4, 0.5) is 5.82 Å². The quantitative estimate of drug-likeness (QED) is 0.512. The Balaban J connectivity index is 1.41. The monoisotopic (exact) mass is 405 g/mol. The van der Waals surface area contributed by atoms with Crippen LogP contribution in [0.1, 0.15) is 10.5 Å². The molecular formula is C21H19N5O2S. The molecule has 5 rings (SSSR count). The fraction of sp³-hybridized carbons (Fsp3) is 0.238. The van der Waals surface area contributed by atoms with Gasteiger partial charge in [0.25, 0.3) is 11.5 Å². The molecular weight excluding hydrogens is 386 g/mol. The summed E-state index contributed by atoms with van der Waals surface area (Å²) in [7, 11) is 1.58. The number of hydrogen-bond donors (Lipinski definition) is 0. The van der Waals surface area contributed by atoms with Crippen LogP contribution in [0, 0.1) is 0 Å². The van der Waals surface area contributed by atoms with Crippen molar-refractivity contribution in [2.45, 2.75) is 0 Å². The minimum atomic E-state index is -0.197. The van der Waals surface area contributed by atoms with E-state index in [-0.39, 0.29) is 11.5 Å². The van der Waals surface area contributed by atoms with Gasteiger partial charge in [-0.1, -0.05) is 18.2 Å². The van der Waals surface area contributed by atoms with Crippen molar-refractivity contribution in [2.24, 2.45) is 7.05 Å². The van der Waals surface area contributed by atoms with E-state index < -0.39 is 0 Å². The smallest absolute Gasteiger partial charge is 0.275 e. The van der Waals surface area contributed by atoms with Crippen molar-refractivity contribution in [1.29, 1.82) is 0 Å². The number of piperazine rings is 1. The highest BCUT2D eigenvalue weighted by atomic mass is 32.1. The molecule has 1 amide bonds. The van der Waals surface area contributed by atoms with Gasteiger partial charge in [0.15, 0.2) is 5.69 Å². The molecule has 7 nitrogen and oxygen atoms in total. The Morgan fingerprint density at radius 3 is 2.55 bits per heavy atom. The maximum Gasteiger partial charge on any atom is 0.275 e. The minimum Gasteiger partial charge on any atom is -0.353 e. The van der Waals surface area contributed by atoms with E-state index in [1.807, 2.05) is 23.2 Å². The maximum atomic E-state index is 13.2. The minimum absolute atomic E-state index is 0.141. The molecule has 0 N–H and O–H groups in total. The summed E-state index contributed by atoms with van der Waals surface area (Å²) in [6.45, 7) is 2.58. The highest BCUT2D eigenvalue weighted by Gasteiger charge is 2.26. The summed E-state index contributed by atoms with van der Waals surface area (Å²) >= 11 is 1.70. The molecule has 1 fully saturated rings. The third kappa shape index (κ3) is 2.96. The lowest BCUT2D eigenvalue weighted by Crippen LogP contribution is -2.49. The van der Waals surface area contributed by atoms with Crippen molar-refractivity contribution in [3.63, 3.8) is 0 Å². The molecule has 0 unspecified atom stereocenters. The lowest BCUT2D eigenvalue weighted by atomic mass is 10.1. The van der Waals surface area contributed by atoms with Gasteiger partial charge in [-0.2, -0.15) is 5.10 Å². The summed E-state index contributed by atoms with van der Waals surface area (Å²) in [5.74, 6) is 0.833. The third-order valence-corrected chi connectivity index (χ3v) is 6.27. The first-order chi connectivity index (χ1) is 14.1. The van der Waals surface area contributed by atoms with Gasteiger partial charge in [-0.3, -0.25) is 9.59 Å². The van der Waals surface area contributed by atoms with Crippen molar-refractivity contribution >= 4 is 43.9 Å². The molecule has 0 saturated carbocycles. The van der Waals surface area contributed by atoms with E-state index in [9.17, 15) is 9.59 Å². The zero-order valence-corrected chi connectivity index (χ0v) is 16.7. The summed E-state index contributed by atoms with van der Waals surface area (Å²) in [5.41, 5.74) is 0.131. The van der Waals surface area contributed by atoms with Crippen molar-refractivity contribution < 1.29 is 4.79 Å². The molecule has 4 heterocycles. The zero-order chi connectivity index (χ0) is 20.0. The van der Waals surface area contributed by atoms with Crippen LogP contribution in [0.2, 0.25) is 0 Å². The number of fused-ring (bicyclic) bond motifs is 2. The molecule has 4 aromatic rings. The highest BCUT2D eigenvalue weighted by molar-refractivity contribution is 7.17. The van der Waals surface area contributed by atoms with Gasteiger partial charge in [0, 0.05) is 54.9 Å². The number of nitrogens with zero attached hydrogens (tertiary/aromatic N) is 5. The fourth-order valence-electron chi connectivity index (χ4n) is 3.86. The number of benzene rings is 1. The summed E-state index contributed by atoms with van der Waals surface area (Å²) in [6, 6.07) is 11.3. The first-order valence-electron chi connectivity index (χ1n) is 9.46. The third-order valence-electron chi connectivity index (χ3n) is 5.38. The molecule has 0 aliphatic carbocycles. The Morgan fingerprint density at radius 1 is 1.00 bits per heavy atom. The molecule has 1 aliphatic rings. The number of amides is 1. The van der Waals surface area contributed by atoms with Gasteiger partial charge in [0.2, 0.25) is 0 Å². The van der Waals surface area contributed by atoms with Crippen molar-refractivity contribution in [3.8, 4) is 0 Å². The Bertz CT molecular complexity index is 1290. The molecule has 3 aromatic heterocycles. The molecule has 8 heteroatoms. The van der Waals surface area contributed by atoms with Crippen LogP contribution in [-0.4, -0.2) is 51.8 Å². The first kappa shape index (κ1) is 17.8. The summed E-state index contributed by atoms with van der Waals surface area (Å²) in [5, 5.41) is 8.63. The van der Waals surface area contributed by atoms with Crippen LogP contribution in [0.15, 0.2) is 52.8 Å². The molecule has 1 saturated heterocycles. The predicted octanol–water partition coefficient (Wildman–Crippen LogP) is 2.51. The molecule has 29 heavy (non-hydrogen) atoms. The topological polar surface area (TPSA) is 71.3 Å². The largest absolute Gasteiger partial charge is 0.353 e. The molecule has 0 atom stereocenters. The lowest BCUT2D eigenvalue weighted by Gasteiger charge is -2.35. The second kappa shape index (κ2) is 6.97. The van der Waals surface area contributed by atoms with Crippen molar-refractivity contribution in [3.05, 3.63) is 64.0 Å². The van der Waals surface area contributed by atoms with E-state index >= 15 is 0 Å². The van der Waals surface area contributed by atoms with E-state index in [4.69, 9.17) is 0 Å². The van der Waals surface area contributed by atoms with Crippen molar-refractivity contribution in [2.75, 3.05) is 31.1 Å². The molecule has 1 aromatic carbocycles. The van der Waals surface area contributed by atoms with Crippen LogP contribution in [0.3, 0.4) is 0 Å². The highest BCUT2D eigenvalue weighted by Crippen LogP contribution is 2.29. The molecule has 146 valence electrons. The van der Waals surface area contributed by atoms with Crippen LogP contribution in [-0.2, 0) is 7.05 Å².